The molecule has 0 bridgehead atoms. The topological polar surface area (TPSA) is 55.8 Å². The van der Waals surface area contributed by atoms with Gasteiger partial charge in [-0.15, -0.1) is 0 Å². The molecule has 0 aliphatic carbocycles. The van der Waals surface area contributed by atoms with E-state index in [-0.39, 0.29) is 12.6 Å². The lowest BCUT2D eigenvalue weighted by Crippen LogP contribution is -2.16. The fourth-order valence-corrected chi connectivity index (χ4v) is 5.20. The Bertz CT molecular complexity index is 1620. The van der Waals surface area contributed by atoms with Crippen LogP contribution in [0.1, 0.15) is 44.4 Å². The maximum Gasteiger partial charge on any atom is 0.196 e. The van der Waals surface area contributed by atoms with Crippen LogP contribution in [0.4, 0.5) is 28.4 Å². The van der Waals surface area contributed by atoms with Crippen molar-refractivity contribution in [3.05, 3.63) is 138 Å². The summed E-state index contributed by atoms with van der Waals surface area (Å²) in [6, 6.07) is 41.3. The van der Waals surface area contributed by atoms with E-state index < -0.39 is 0 Å². The lowest BCUT2D eigenvalue weighted by Gasteiger charge is -2.26. The van der Waals surface area contributed by atoms with Gasteiger partial charge in [0.15, 0.2) is 12.6 Å². The van der Waals surface area contributed by atoms with Crippen LogP contribution >= 0.6 is 0 Å². The zero-order valence-electron chi connectivity index (χ0n) is 28.7. The number of hydrazone groups is 1. The molecule has 0 aliphatic heterocycles. The van der Waals surface area contributed by atoms with Crippen LogP contribution in [0.15, 0.2) is 126 Å². The molecule has 5 aromatic rings. The molecule has 0 N–H and O–H groups in total. The molecule has 7 heteroatoms. The van der Waals surface area contributed by atoms with Gasteiger partial charge < -0.3 is 23.8 Å². The van der Waals surface area contributed by atoms with Crippen LogP contribution in [-0.4, -0.2) is 32.0 Å². The fraction of sp³-hybridized carbons (Fsp3) is 0.244. The highest BCUT2D eigenvalue weighted by atomic mass is 16.7. The van der Waals surface area contributed by atoms with Gasteiger partial charge in [0.1, 0.15) is 11.5 Å². The highest BCUT2D eigenvalue weighted by Gasteiger charge is 2.14. The molecule has 0 fully saturated rings. The predicted octanol–water partition coefficient (Wildman–Crippen LogP) is 10.5. The van der Waals surface area contributed by atoms with E-state index in [4.69, 9.17) is 24.0 Å². The summed E-state index contributed by atoms with van der Waals surface area (Å²) >= 11 is 0. The Hall–Kier alpha value is -5.11. The molecular formula is C41H45N3O4. The maximum atomic E-state index is 5.89. The van der Waals surface area contributed by atoms with Gasteiger partial charge in [-0.2, -0.15) is 5.10 Å². The lowest BCUT2D eigenvalue weighted by molar-refractivity contribution is -0.0616. The van der Waals surface area contributed by atoms with E-state index in [1.165, 1.54) is 11.1 Å². The van der Waals surface area contributed by atoms with E-state index in [0.717, 1.165) is 45.5 Å². The van der Waals surface area contributed by atoms with Crippen LogP contribution < -0.4 is 19.4 Å². The Morgan fingerprint density at radius 3 is 1.25 bits per heavy atom. The van der Waals surface area contributed by atoms with Crippen molar-refractivity contribution in [1.82, 2.24) is 0 Å². The van der Waals surface area contributed by atoms with Gasteiger partial charge in [-0.1, -0.05) is 47.5 Å². The summed E-state index contributed by atoms with van der Waals surface area (Å²) in [5.74, 6) is 1.44. The van der Waals surface area contributed by atoms with Crippen molar-refractivity contribution in [2.45, 2.75) is 54.1 Å². The van der Waals surface area contributed by atoms with E-state index in [0.29, 0.717) is 13.2 Å². The van der Waals surface area contributed by atoms with E-state index in [1.54, 1.807) is 0 Å². The first-order valence-electron chi connectivity index (χ1n) is 16.5. The average Bonchev–Trinajstić information content (AvgIpc) is 3.09. The lowest BCUT2D eigenvalue weighted by atomic mass is 10.1. The smallest absolute Gasteiger partial charge is 0.196 e. The quantitative estimate of drug-likeness (QED) is 0.0643. The zero-order valence-corrected chi connectivity index (χ0v) is 28.7. The largest absolute Gasteiger partial charge is 0.465 e. The number of hydrogen-bond donors (Lipinski definition) is 0. The van der Waals surface area contributed by atoms with Gasteiger partial charge in [-0.25, -0.2) is 5.01 Å². The summed E-state index contributed by atoms with van der Waals surface area (Å²) in [6.45, 7) is 13.0. The third-order valence-electron chi connectivity index (χ3n) is 7.63. The van der Waals surface area contributed by atoms with Crippen LogP contribution in [0.3, 0.4) is 0 Å². The van der Waals surface area contributed by atoms with Crippen molar-refractivity contribution in [2.75, 3.05) is 23.1 Å². The Kier molecular flexibility index (Phi) is 11.9. The Morgan fingerprint density at radius 1 is 0.521 bits per heavy atom. The minimum Gasteiger partial charge on any atom is -0.465 e. The first-order valence-corrected chi connectivity index (χ1v) is 16.5. The van der Waals surface area contributed by atoms with Crippen LogP contribution in [0.5, 0.6) is 11.5 Å². The highest BCUT2D eigenvalue weighted by molar-refractivity contribution is 5.84. The van der Waals surface area contributed by atoms with Gasteiger partial charge >= 0.3 is 0 Å². The monoisotopic (exact) mass is 643 g/mol. The van der Waals surface area contributed by atoms with Gasteiger partial charge in [-0.05, 0) is 132 Å². The first kappa shape index (κ1) is 34.2. The molecule has 0 amide bonds. The number of nitrogens with zero attached hydrogens (tertiary/aromatic N) is 3. The van der Waals surface area contributed by atoms with Crippen molar-refractivity contribution in [3.63, 3.8) is 0 Å². The zero-order chi connectivity index (χ0) is 33.9. The molecule has 0 saturated heterocycles. The number of ether oxygens (including phenoxy) is 4. The summed E-state index contributed by atoms with van der Waals surface area (Å²) in [4.78, 5) is 2.26. The summed E-state index contributed by atoms with van der Waals surface area (Å²) < 4.78 is 22.9. The van der Waals surface area contributed by atoms with Crippen LogP contribution in [0.25, 0.3) is 0 Å². The second-order valence-electron chi connectivity index (χ2n) is 11.4. The number of anilines is 5. The SMILES string of the molecule is CCOC(C)Oc1ccc(N(N=Cc2ccc(N(c3ccc(C)cc3)c3ccc(C)cc3)cc2)c2ccc(OC(C)OCC)cc2)cc1. The summed E-state index contributed by atoms with van der Waals surface area (Å²) in [7, 11) is 0. The second-order valence-corrected chi connectivity index (χ2v) is 11.4. The van der Waals surface area contributed by atoms with Gasteiger partial charge in [0.2, 0.25) is 0 Å². The molecule has 2 atom stereocenters. The third kappa shape index (κ3) is 9.25. The molecule has 248 valence electrons. The molecule has 48 heavy (non-hydrogen) atoms. The minimum absolute atomic E-state index is 0.336. The predicted molar refractivity (Wildman–Crippen MR) is 197 cm³/mol. The van der Waals surface area contributed by atoms with Gasteiger partial charge in [0, 0.05) is 30.3 Å². The molecule has 0 aliphatic rings. The third-order valence-corrected chi connectivity index (χ3v) is 7.63. The number of aryl methyl sites for hydroxylation is 2. The first-order chi connectivity index (χ1) is 23.3. The average molecular weight is 644 g/mol. The normalized spacial score (nSPS) is 12.5. The number of rotatable bonds is 15. The molecule has 0 radical (unpaired) electrons. The number of benzene rings is 5. The van der Waals surface area contributed by atoms with Crippen molar-refractivity contribution in [2.24, 2.45) is 5.10 Å². The van der Waals surface area contributed by atoms with E-state index in [9.17, 15) is 0 Å². The minimum atomic E-state index is -0.336. The summed E-state index contributed by atoms with van der Waals surface area (Å²) in [5.41, 5.74) is 8.43. The van der Waals surface area contributed by atoms with Gasteiger partial charge in [0.25, 0.3) is 0 Å². The van der Waals surface area contributed by atoms with Crippen molar-refractivity contribution in [1.29, 1.82) is 0 Å². The van der Waals surface area contributed by atoms with Crippen LogP contribution in [-0.2, 0) is 9.47 Å². The summed E-state index contributed by atoms with van der Waals surface area (Å²) in [5, 5.41) is 6.84. The Balaban J connectivity index is 1.42. The van der Waals surface area contributed by atoms with Gasteiger partial charge in [-0.3, -0.25) is 0 Å². The molecule has 0 spiro atoms. The van der Waals surface area contributed by atoms with Crippen LogP contribution in [0, 0.1) is 13.8 Å². The Morgan fingerprint density at radius 2 is 0.875 bits per heavy atom. The van der Waals surface area contributed by atoms with E-state index in [2.05, 4.69) is 91.5 Å². The van der Waals surface area contributed by atoms with Crippen molar-refractivity contribution in [3.8, 4) is 11.5 Å². The molecule has 2 unspecified atom stereocenters. The molecule has 0 heterocycles. The Labute approximate surface area is 285 Å². The van der Waals surface area contributed by atoms with E-state index in [1.807, 2.05) is 87.4 Å². The maximum absolute atomic E-state index is 5.89. The second kappa shape index (κ2) is 16.6. The fourth-order valence-electron chi connectivity index (χ4n) is 5.20. The molecule has 7 nitrogen and oxygen atoms in total. The van der Waals surface area contributed by atoms with Crippen molar-refractivity contribution >= 4 is 34.7 Å². The van der Waals surface area contributed by atoms with E-state index >= 15 is 0 Å². The molecule has 5 rings (SSSR count). The van der Waals surface area contributed by atoms with Crippen LogP contribution in [0.2, 0.25) is 0 Å². The number of hydrogen-bond acceptors (Lipinski definition) is 7. The molecule has 5 aromatic carbocycles. The van der Waals surface area contributed by atoms with Gasteiger partial charge in [0.05, 0.1) is 17.6 Å². The standard InChI is InChI=1S/C41H45N3O4/c1-7-45-32(5)47-40-25-21-38(22-26-40)44(39-23-27-41(28-24-39)48-33(6)46-8-2)42-29-34-13-19-37(20-14-34)43(35-15-9-30(3)10-16-35)36-17-11-31(4)12-18-36/h9-29,32-33H,7-8H2,1-6H3. The molecule has 0 aromatic heterocycles. The van der Waals surface area contributed by atoms with Crippen molar-refractivity contribution < 1.29 is 18.9 Å². The molecule has 0 saturated carbocycles. The molecular weight excluding hydrogens is 598 g/mol. The summed E-state index contributed by atoms with van der Waals surface area (Å²) in [6.07, 6.45) is 1.20. The highest BCUT2D eigenvalue weighted by Crippen LogP contribution is 2.35.